The van der Waals surface area contributed by atoms with Crippen LogP contribution in [0.2, 0.25) is 0 Å². The number of aliphatic hydroxyl groups excluding tert-OH is 1. The van der Waals surface area contributed by atoms with Crippen molar-refractivity contribution in [3.8, 4) is 0 Å². The molecule has 0 amide bonds. The Morgan fingerprint density at radius 2 is 1.87 bits per heavy atom. The summed E-state index contributed by atoms with van der Waals surface area (Å²) in [5, 5.41) is 10.1. The van der Waals surface area contributed by atoms with Gasteiger partial charge in [0, 0.05) is 6.42 Å². The molecule has 1 fully saturated rings. The quantitative estimate of drug-likeness (QED) is 0.628. The Balaban J connectivity index is 2.29. The number of hydrogen-bond acceptors (Lipinski definition) is 2. The standard InChI is InChI=1S/C13H26O2/c1-3-5-7-8-12(14)13(9-6-4-2)10-11-15-13/h12,14H,3-11H2,1-2H3. The molecule has 1 rings (SSSR count). The first-order chi connectivity index (χ1) is 7.25. The van der Waals surface area contributed by atoms with E-state index in [1.165, 1.54) is 25.7 Å². The van der Waals surface area contributed by atoms with E-state index in [1.54, 1.807) is 0 Å². The maximum atomic E-state index is 10.1. The Labute approximate surface area is 94.0 Å². The van der Waals surface area contributed by atoms with Gasteiger partial charge in [0.2, 0.25) is 0 Å². The number of unbranched alkanes of at least 4 members (excludes halogenated alkanes) is 3. The van der Waals surface area contributed by atoms with Crippen LogP contribution in [0.3, 0.4) is 0 Å². The zero-order valence-corrected chi connectivity index (χ0v) is 10.3. The lowest BCUT2D eigenvalue weighted by molar-refractivity contribution is -0.210. The molecule has 0 aromatic heterocycles. The summed E-state index contributed by atoms with van der Waals surface area (Å²) in [6.45, 7) is 5.23. The van der Waals surface area contributed by atoms with E-state index in [-0.39, 0.29) is 11.7 Å². The average Bonchev–Trinajstić information content (AvgIpc) is 2.17. The smallest absolute Gasteiger partial charge is 0.0962 e. The van der Waals surface area contributed by atoms with E-state index in [2.05, 4.69) is 13.8 Å². The fourth-order valence-corrected chi connectivity index (χ4v) is 2.32. The molecule has 0 aromatic rings. The summed E-state index contributed by atoms with van der Waals surface area (Å²) in [6.07, 6.45) is 8.71. The third-order valence-electron chi connectivity index (χ3n) is 3.56. The van der Waals surface area contributed by atoms with Crippen LogP contribution >= 0.6 is 0 Å². The van der Waals surface area contributed by atoms with Gasteiger partial charge in [-0.05, 0) is 12.8 Å². The lowest BCUT2D eigenvalue weighted by atomic mass is 9.81. The van der Waals surface area contributed by atoms with Gasteiger partial charge >= 0.3 is 0 Å². The summed E-state index contributed by atoms with van der Waals surface area (Å²) in [7, 11) is 0. The molecule has 2 heteroatoms. The van der Waals surface area contributed by atoms with Crippen molar-refractivity contribution in [2.45, 2.75) is 76.9 Å². The molecule has 90 valence electrons. The highest BCUT2D eigenvalue weighted by atomic mass is 16.5. The molecule has 0 aliphatic carbocycles. The van der Waals surface area contributed by atoms with Crippen molar-refractivity contribution in [3.63, 3.8) is 0 Å². The highest BCUT2D eigenvalue weighted by Crippen LogP contribution is 2.37. The van der Waals surface area contributed by atoms with E-state index in [9.17, 15) is 5.11 Å². The Kier molecular flexibility index (Phi) is 5.62. The van der Waals surface area contributed by atoms with Crippen molar-refractivity contribution in [1.29, 1.82) is 0 Å². The highest BCUT2D eigenvalue weighted by molar-refractivity contribution is 4.93. The Hall–Kier alpha value is -0.0800. The van der Waals surface area contributed by atoms with Gasteiger partial charge in [-0.25, -0.2) is 0 Å². The van der Waals surface area contributed by atoms with Crippen molar-refractivity contribution in [3.05, 3.63) is 0 Å². The van der Waals surface area contributed by atoms with Crippen LogP contribution in [0, 0.1) is 0 Å². The lowest BCUT2D eigenvalue weighted by Gasteiger charge is -2.45. The third kappa shape index (κ3) is 3.46. The normalized spacial score (nSPS) is 27.4. The topological polar surface area (TPSA) is 29.5 Å². The van der Waals surface area contributed by atoms with E-state index in [0.717, 1.165) is 32.3 Å². The van der Waals surface area contributed by atoms with Gasteiger partial charge in [0.15, 0.2) is 0 Å². The van der Waals surface area contributed by atoms with Crippen LogP contribution in [0.4, 0.5) is 0 Å². The molecule has 0 bridgehead atoms. The van der Waals surface area contributed by atoms with Crippen molar-refractivity contribution >= 4 is 0 Å². The van der Waals surface area contributed by atoms with E-state index in [0.29, 0.717) is 0 Å². The fraction of sp³-hybridized carbons (Fsp3) is 1.00. The number of ether oxygens (including phenoxy) is 1. The second-order valence-electron chi connectivity index (χ2n) is 4.78. The van der Waals surface area contributed by atoms with Crippen LogP contribution < -0.4 is 0 Å². The summed E-state index contributed by atoms with van der Waals surface area (Å²) in [4.78, 5) is 0. The molecule has 2 nitrogen and oxygen atoms in total. The molecule has 1 saturated heterocycles. The maximum absolute atomic E-state index is 10.1. The summed E-state index contributed by atoms with van der Waals surface area (Å²) in [5.41, 5.74) is -0.163. The van der Waals surface area contributed by atoms with Crippen molar-refractivity contribution in [1.82, 2.24) is 0 Å². The second-order valence-corrected chi connectivity index (χ2v) is 4.78. The van der Waals surface area contributed by atoms with Crippen LogP contribution in [-0.4, -0.2) is 23.4 Å². The zero-order chi connectivity index (χ0) is 11.1. The minimum atomic E-state index is -0.232. The highest BCUT2D eigenvalue weighted by Gasteiger charge is 2.43. The van der Waals surface area contributed by atoms with Crippen LogP contribution in [0.1, 0.15) is 65.2 Å². The molecule has 2 unspecified atom stereocenters. The Morgan fingerprint density at radius 3 is 2.33 bits per heavy atom. The van der Waals surface area contributed by atoms with Crippen molar-refractivity contribution < 1.29 is 9.84 Å². The fourth-order valence-electron chi connectivity index (χ4n) is 2.32. The number of aliphatic hydroxyl groups is 1. The second kappa shape index (κ2) is 6.49. The van der Waals surface area contributed by atoms with Gasteiger partial charge < -0.3 is 9.84 Å². The lowest BCUT2D eigenvalue weighted by Crippen LogP contribution is -2.53. The predicted molar refractivity (Wildman–Crippen MR) is 63.0 cm³/mol. The molecular weight excluding hydrogens is 188 g/mol. The van der Waals surface area contributed by atoms with Crippen LogP contribution in [0.15, 0.2) is 0 Å². The van der Waals surface area contributed by atoms with E-state index in [1.807, 2.05) is 0 Å². The molecule has 0 spiro atoms. The van der Waals surface area contributed by atoms with Gasteiger partial charge in [-0.3, -0.25) is 0 Å². The average molecular weight is 214 g/mol. The zero-order valence-electron chi connectivity index (χ0n) is 10.3. The van der Waals surface area contributed by atoms with Crippen molar-refractivity contribution in [2.75, 3.05) is 6.61 Å². The van der Waals surface area contributed by atoms with E-state index < -0.39 is 0 Å². The Bertz CT molecular complexity index is 164. The molecular formula is C13H26O2. The van der Waals surface area contributed by atoms with Crippen LogP contribution in [-0.2, 0) is 4.74 Å². The molecule has 1 heterocycles. The molecule has 1 aliphatic heterocycles. The third-order valence-corrected chi connectivity index (χ3v) is 3.56. The maximum Gasteiger partial charge on any atom is 0.0962 e. The van der Waals surface area contributed by atoms with Gasteiger partial charge in [0.25, 0.3) is 0 Å². The summed E-state index contributed by atoms with van der Waals surface area (Å²) >= 11 is 0. The van der Waals surface area contributed by atoms with Gasteiger partial charge in [-0.15, -0.1) is 0 Å². The van der Waals surface area contributed by atoms with E-state index in [4.69, 9.17) is 4.74 Å². The minimum absolute atomic E-state index is 0.163. The van der Waals surface area contributed by atoms with E-state index >= 15 is 0 Å². The SMILES string of the molecule is CCCCCC(O)C1(CCCC)CCO1. The molecule has 15 heavy (non-hydrogen) atoms. The molecule has 0 radical (unpaired) electrons. The monoisotopic (exact) mass is 214 g/mol. The number of rotatable bonds is 8. The summed E-state index contributed by atoms with van der Waals surface area (Å²) < 4.78 is 5.66. The first kappa shape index (κ1) is 13.0. The van der Waals surface area contributed by atoms with Gasteiger partial charge in [-0.2, -0.15) is 0 Å². The van der Waals surface area contributed by atoms with Crippen LogP contribution in [0.25, 0.3) is 0 Å². The molecule has 2 atom stereocenters. The van der Waals surface area contributed by atoms with Gasteiger partial charge in [0.1, 0.15) is 0 Å². The first-order valence-corrected chi connectivity index (χ1v) is 6.57. The predicted octanol–water partition coefficient (Wildman–Crippen LogP) is 3.28. The largest absolute Gasteiger partial charge is 0.390 e. The van der Waals surface area contributed by atoms with Gasteiger partial charge in [-0.1, -0.05) is 46.0 Å². The summed E-state index contributed by atoms with van der Waals surface area (Å²) in [6, 6.07) is 0. The molecule has 1 N–H and O–H groups in total. The van der Waals surface area contributed by atoms with Gasteiger partial charge in [0.05, 0.1) is 18.3 Å². The Morgan fingerprint density at radius 1 is 1.20 bits per heavy atom. The first-order valence-electron chi connectivity index (χ1n) is 6.57. The van der Waals surface area contributed by atoms with Crippen molar-refractivity contribution in [2.24, 2.45) is 0 Å². The minimum Gasteiger partial charge on any atom is -0.390 e. The molecule has 0 aromatic carbocycles. The summed E-state index contributed by atoms with van der Waals surface area (Å²) in [5.74, 6) is 0. The molecule has 1 aliphatic rings. The molecule has 0 saturated carbocycles. The van der Waals surface area contributed by atoms with Crippen LogP contribution in [0.5, 0.6) is 0 Å². The number of hydrogen-bond donors (Lipinski definition) is 1.